The normalized spacial score (nSPS) is 20.5. The van der Waals surface area contributed by atoms with Crippen molar-refractivity contribution in [3.63, 3.8) is 0 Å². The standard InChI is InChI=1S/C24H35N5O3S/c1-18(2)28-16-23(25-17-28)33(31,32)29-9-5-6-21(15-29)24(30)27-12-10-26(11-13-27)22-14-19(3)7-8-20(22)4/h7-8,14,16-18,21H,5-6,9-13,15H2,1-4H3/t21-/m1/s1. The Morgan fingerprint density at radius 1 is 1.09 bits per heavy atom. The lowest BCUT2D eigenvalue weighted by molar-refractivity contribution is -0.137. The molecule has 4 rings (SSSR count). The van der Waals surface area contributed by atoms with E-state index in [2.05, 4.69) is 41.9 Å². The number of rotatable bonds is 5. The summed E-state index contributed by atoms with van der Waals surface area (Å²) < 4.78 is 29.5. The van der Waals surface area contributed by atoms with E-state index in [1.807, 2.05) is 18.7 Å². The number of piperazine rings is 1. The van der Waals surface area contributed by atoms with Crippen molar-refractivity contribution in [2.75, 3.05) is 44.2 Å². The molecule has 1 aromatic carbocycles. The Morgan fingerprint density at radius 2 is 1.82 bits per heavy atom. The number of amides is 1. The van der Waals surface area contributed by atoms with Crippen LogP contribution >= 0.6 is 0 Å². The number of imidazole rings is 1. The number of anilines is 1. The Labute approximate surface area is 197 Å². The lowest BCUT2D eigenvalue weighted by Crippen LogP contribution is -2.53. The second-order valence-electron chi connectivity index (χ2n) is 9.56. The van der Waals surface area contributed by atoms with E-state index in [1.54, 1.807) is 17.1 Å². The van der Waals surface area contributed by atoms with Crippen LogP contribution in [0.4, 0.5) is 5.69 Å². The fraction of sp³-hybridized carbons (Fsp3) is 0.583. The molecule has 0 N–H and O–H groups in total. The first kappa shape index (κ1) is 23.8. The maximum absolute atomic E-state index is 13.3. The van der Waals surface area contributed by atoms with Crippen LogP contribution in [0.25, 0.3) is 0 Å². The van der Waals surface area contributed by atoms with Crippen molar-refractivity contribution in [2.45, 2.75) is 51.6 Å². The van der Waals surface area contributed by atoms with Gasteiger partial charge in [-0.25, -0.2) is 13.4 Å². The van der Waals surface area contributed by atoms with Gasteiger partial charge in [0.05, 0.1) is 12.2 Å². The second-order valence-corrected chi connectivity index (χ2v) is 11.4. The number of benzene rings is 1. The number of aryl methyl sites for hydroxylation is 2. The maximum atomic E-state index is 13.3. The summed E-state index contributed by atoms with van der Waals surface area (Å²) in [5.41, 5.74) is 3.71. The summed E-state index contributed by atoms with van der Waals surface area (Å²) in [6.07, 6.45) is 4.54. The number of hydrogen-bond acceptors (Lipinski definition) is 5. The van der Waals surface area contributed by atoms with Crippen molar-refractivity contribution in [2.24, 2.45) is 5.92 Å². The Bertz CT molecular complexity index is 1100. The Balaban J connectivity index is 1.39. The van der Waals surface area contributed by atoms with Gasteiger partial charge in [-0.3, -0.25) is 4.79 Å². The van der Waals surface area contributed by atoms with Gasteiger partial charge in [0, 0.05) is 57.2 Å². The lowest BCUT2D eigenvalue weighted by Gasteiger charge is -2.39. The molecule has 180 valence electrons. The van der Waals surface area contributed by atoms with E-state index < -0.39 is 10.0 Å². The zero-order valence-electron chi connectivity index (χ0n) is 20.1. The SMILES string of the molecule is Cc1ccc(C)c(N2CCN(C(=O)[C@@H]3CCCN(S(=O)(=O)c4cn(C(C)C)cn4)C3)CC2)c1. The minimum Gasteiger partial charge on any atom is -0.368 e. The average molecular weight is 474 g/mol. The number of sulfonamides is 1. The zero-order valence-corrected chi connectivity index (χ0v) is 20.9. The fourth-order valence-electron chi connectivity index (χ4n) is 4.71. The van der Waals surface area contributed by atoms with E-state index in [0.717, 1.165) is 19.5 Å². The van der Waals surface area contributed by atoms with Crippen molar-refractivity contribution >= 4 is 21.6 Å². The highest BCUT2D eigenvalue weighted by atomic mass is 32.2. The number of carbonyl (C=O) groups is 1. The monoisotopic (exact) mass is 473 g/mol. The molecule has 0 aliphatic carbocycles. The smallest absolute Gasteiger partial charge is 0.262 e. The van der Waals surface area contributed by atoms with Gasteiger partial charge in [0.1, 0.15) is 0 Å². The second kappa shape index (κ2) is 9.46. The van der Waals surface area contributed by atoms with Crippen molar-refractivity contribution in [1.82, 2.24) is 18.8 Å². The first-order valence-corrected chi connectivity index (χ1v) is 13.3. The van der Waals surface area contributed by atoms with Gasteiger partial charge in [-0.1, -0.05) is 12.1 Å². The molecule has 8 nitrogen and oxygen atoms in total. The molecule has 2 saturated heterocycles. The molecule has 3 heterocycles. The third-order valence-electron chi connectivity index (χ3n) is 6.81. The Kier molecular flexibility index (Phi) is 6.81. The predicted molar refractivity (Wildman–Crippen MR) is 129 cm³/mol. The quantitative estimate of drug-likeness (QED) is 0.667. The van der Waals surface area contributed by atoms with Gasteiger partial charge >= 0.3 is 0 Å². The molecule has 0 saturated carbocycles. The summed E-state index contributed by atoms with van der Waals surface area (Å²) >= 11 is 0. The van der Waals surface area contributed by atoms with Gasteiger partial charge in [0.15, 0.2) is 5.03 Å². The van der Waals surface area contributed by atoms with Crippen LogP contribution in [0.1, 0.15) is 43.9 Å². The van der Waals surface area contributed by atoms with Crippen molar-refractivity contribution in [3.8, 4) is 0 Å². The predicted octanol–water partition coefficient (Wildman–Crippen LogP) is 2.83. The van der Waals surface area contributed by atoms with Crippen LogP contribution in [0.5, 0.6) is 0 Å². The number of nitrogens with zero attached hydrogens (tertiary/aromatic N) is 5. The van der Waals surface area contributed by atoms with Crippen molar-refractivity contribution < 1.29 is 13.2 Å². The highest BCUT2D eigenvalue weighted by Gasteiger charge is 2.36. The van der Waals surface area contributed by atoms with Gasteiger partial charge in [0.2, 0.25) is 5.91 Å². The summed E-state index contributed by atoms with van der Waals surface area (Å²) in [4.78, 5) is 21.7. The average Bonchev–Trinajstić information content (AvgIpc) is 3.32. The summed E-state index contributed by atoms with van der Waals surface area (Å²) in [7, 11) is -3.70. The largest absolute Gasteiger partial charge is 0.368 e. The summed E-state index contributed by atoms with van der Waals surface area (Å²) in [6.45, 7) is 11.7. The number of hydrogen-bond donors (Lipinski definition) is 0. The molecule has 9 heteroatoms. The molecule has 0 spiro atoms. The summed E-state index contributed by atoms with van der Waals surface area (Å²) in [5, 5.41) is 0.0615. The highest BCUT2D eigenvalue weighted by molar-refractivity contribution is 7.89. The number of piperidine rings is 1. The third-order valence-corrected chi connectivity index (χ3v) is 8.56. The van der Waals surface area contributed by atoms with Gasteiger partial charge < -0.3 is 14.4 Å². The van der Waals surface area contributed by atoms with Gasteiger partial charge in [-0.15, -0.1) is 0 Å². The summed E-state index contributed by atoms with van der Waals surface area (Å²) in [6, 6.07) is 6.61. The van der Waals surface area contributed by atoms with Crippen LogP contribution in [0.2, 0.25) is 0 Å². The van der Waals surface area contributed by atoms with Crippen LogP contribution in [0, 0.1) is 19.8 Å². The van der Waals surface area contributed by atoms with Crippen LogP contribution in [0.15, 0.2) is 35.7 Å². The van der Waals surface area contributed by atoms with Gasteiger partial charge in [0.25, 0.3) is 10.0 Å². The molecule has 0 unspecified atom stereocenters. The first-order chi connectivity index (χ1) is 15.7. The van der Waals surface area contributed by atoms with Gasteiger partial charge in [-0.05, 0) is 57.7 Å². The molecule has 33 heavy (non-hydrogen) atoms. The molecule has 0 bridgehead atoms. The summed E-state index contributed by atoms with van der Waals surface area (Å²) in [5.74, 6) is -0.226. The van der Waals surface area contributed by atoms with Crippen LogP contribution in [0.3, 0.4) is 0 Å². The van der Waals surface area contributed by atoms with E-state index in [4.69, 9.17) is 0 Å². The molecule has 1 amide bonds. The van der Waals surface area contributed by atoms with E-state index in [-0.39, 0.29) is 29.4 Å². The third kappa shape index (κ3) is 4.94. The maximum Gasteiger partial charge on any atom is 0.262 e. The topological polar surface area (TPSA) is 78.8 Å². The molecule has 1 aromatic heterocycles. The zero-order chi connectivity index (χ0) is 23.8. The van der Waals surface area contributed by atoms with E-state index in [1.165, 1.54) is 21.1 Å². The molecule has 2 aromatic rings. The number of aromatic nitrogens is 2. The van der Waals surface area contributed by atoms with E-state index in [9.17, 15) is 13.2 Å². The van der Waals surface area contributed by atoms with Crippen molar-refractivity contribution in [1.29, 1.82) is 0 Å². The number of carbonyl (C=O) groups excluding carboxylic acids is 1. The highest BCUT2D eigenvalue weighted by Crippen LogP contribution is 2.27. The van der Waals surface area contributed by atoms with Crippen LogP contribution < -0.4 is 4.90 Å². The molecular formula is C24H35N5O3S. The molecule has 2 aliphatic heterocycles. The van der Waals surface area contributed by atoms with Crippen molar-refractivity contribution in [3.05, 3.63) is 41.9 Å². The molecule has 1 atom stereocenters. The fourth-order valence-corrected chi connectivity index (χ4v) is 6.16. The van der Waals surface area contributed by atoms with Gasteiger partial charge in [-0.2, -0.15) is 4.31 Å². The first-order valence-electron chi connectivity index (χ1n) is 11.8. The minimum absolute atomic E-state index is 0.0615. The van der Waals surface area contributed by atoms with Crippen LogP contribution in [-0.4, -0.2) is 72.3 Å². The van der Waals surface area contributed by atoms with E-state index in [0.29, 0.717) is 26.1 Å². The Morgan fingerprint density at radius 3 is 2.48 bits per heavy atom. The minimum atomic E-state index is -3.70. The Hall–Kier alpha value is -2.39. The van der Waals surface area contributed by atoms with Crippen LogP contribution in [-0.2, 0) is 14.8 Å². The molecule has 2 aliphatic rings. The molecule has 0 radical (unpaired) electrons. The lowest BCUT2D eigenvalue weighted by atomic mass is 9.97. The van der Waals surface area contributed by atoms with E-state index >= 15 is 0 Å². The molecular weight excluding hydrogens is 438 g/mol. The molecule has 2 fully saturated rings.